The van der Waals surface area contributed by atoms with Crippen molar-refractivity contribution in [3.05, 3.63) is 28.6 Å². The molecule has 1 aromatic heterocycles. The van der Waals surface area contributed by atoms with E-state index in [-0.39, 0.29) is 30.6 Å². The zero-order valence-electron chi connectivity index (χ0n) is 8.65. The first-order valence-electron chi connectivity index (χ1n) is 4.81. The van der Waals surface area contributed by atoms with E-state index >= 15 is 0 Å². The number of likely N-dealkylation sites (tertiary alicyclic amines) is 1. The molecule has 1 amide bonds. The number of nitrogens with zero attached hydrogens (tertiary/aromatic N) is 3. The van der Waals surface area contributed by atoms with Gasteiger partial charge in [0.2, 0.25) is 5.75 Å². The van der Waals surface area contributed by atoms with Gasteiger partial charge in [-0.25, -0.2) is 4.79 Å². The zero-order chi connectivity index (χ0) is 12.4. The second kappa shape index (κ2) is 4.24. The minimum Gasteiger partial charge on any atom is -0.480 e. The molecule has 0 saturated carbocycles. The molecule has 0 unspecified atom stereocenters. The van der Waals surface area contributed by atoms with Crippen LogP contribution in [0.15, 0.2) is 18.5 Å². The predicted molar refractivity (Wildman–Crippen MR) is 54.9 cm³/mol. The molecule has 1 aromatic rings. The smallest absolute Gasteiger partial charge is 0.407 e. The van der Waals surface area contributed by atoms with Gasteiger partial charge in [-0.1, -0.05) is 0 Å². The van der Waals surface area contributed by atoms with Crippen molar-refractivity contribution in [2.24, 2.45) is 0 Å². The van der Waals surface area contributed by atoms with Crippen LogP contribution in [0.25, 0.3) is 0 Å². The zero-order valence-corrected chi connectivity index (χ0v) is 8.65. The standard InChI is InChI=1S/C9H9N3O5/c13-9(14)11-4-6(5-11)17-8-1-2-10-3-7(8)12(15)16/h1-3,6H,4-5H2,(H,13,14). The average Bonchev–Trinajstić information content (AvgIpc) is 2.22. The van der Waals surface area contributed by atoms with Gasteiger partial charge in [-0.05, 0) is 0 Å². The Kier molecular flexibility index (Phi) is 2.77. The molecule has 2 rings (SSSR count). The fourth-order valence-corrected chi connectivity index (χ4v) is 1.46. The molecule has 1 aliphatic rings. The van der Waals surface area contributed by atoms with Gasteiger partial charge in [0, 0.05) is 12.3 Å². The summed E-state index contributed by atoms with van der Waals surface area (Å²) < 4.78 is 5.34. The largest absolute Gasteiger partial charge is 0.480 e. The first-order valence-corrected chi connectivity index (χ1v) is 4.81. The Morgan fingerprint density at radius 1 is 1.65 bits per heavy atom. The lowest BCUT2D eigenvalue weighted by Gasteiger charge is -2.36. The van der Waals surface area contributed by atoms with Crippen LogP contribution in [-0.2, 0) is 0 Å². The van der Waals surface area contributed by atoms with E-state index in [1.165, 1.54) is 12.3 Å². The minimum absolute atomic E-state index is 0.111. The molecule has 8 nitrogen and oxygen atoms in total. The maximum atomic E-state index is 10.7. The normalized spacial score (nSPS) is 15.2. The summed E-state index contributed by atoms with van der Waals surface area (Å²) in [5.74, 6) is 0.111. The van der Waals surface area contributed by atoms with Crippen LogP contribution < -0.4 is 4.74 Å². The second-order valence-corrected chi connectivity index (χ2v) is 3.53. The third-order valence-electron chi connectivity index (χ3n) is 2.37. The van der Waals surface area contributed by atoms with Crippen LogP contribution in [0.4, 0.5) is 10.5 Å². The van der Waals surface area contributed by atoms with Crippen molar-refractivity contribution in [2.45, 2.75) is 6.10 Å². The van der Waals surface area contributed by atoms with E-state index < -0.39 is 11.0 Å². The van der Waals surface area contributed by atoms with Crippen LogP contribution in [0.3, 0.4) is 0 Å². The first-order chi connectivity index (χ1) is 8.08. The summed E-state index contributed by atoms with van der Waals surface area (Å²) in [6.45, 7) is 0.434. The Labute approximate surface area is 95.6 Å². The van der Waals surface area contributed by atoms with E-state index in [9.17, 15) is 14.9 Å². The van der Waals surface area contributed by atoms with Gasteiger partial charge in [-0.2, -0.15) is 0 Å². The summed E-state index contributed by atoms with van der Waals surface area (Å²) in [4.78, 5) is 25.4. The van der Waals surface area contributed by atoms with Crippen LogP contribution in [0.2, 0.25) is 0 Å². The Morgan fingerprint density at radius 2 is 2.35 bits per heavy atom. The van der Waals surface area contributed by atoms with E-state index in [0.717, 1.165) is 11.1 Å². The number of carboxylic acid groups (broad SMARTS) is 1. The number of rotatable bonds is 3. The van der Waals surface area contributed by atoms with Crippen molar-refractivity contribution in [3.8, 4) is 5.75 Å². The quantitative estimate of drug-likeness (QED) is 0.615. The Hall–Kier alpha value is -2.38. The topological polar surface area (TPSA) is 106 Å². The van der Waals surface area contributed by atoms with Gasteiger partial charge in [0.25, 0.3) is 0 Å². The molecule has 90 valence electrons. The van der Waals surface area contributed by atoms with Crippen LogP contribution in [-0.4, -0.2) is 45.2 Å². The van der Waals surface area contributed by atoms with Gasteiger partial charge < -0.3 is 14.7 Å². The Morgan fingerprint density at radius 3 is 2.94 bits per heavy atom. The molecule has 1 fully saturated rings. The number of aromatic nitrogens is 1. The van der Waals surface area contributed by atoms with Crippen molar-refractivity contribution >= 4 is 11.8 Å². The van der Waals surface area contributed by atoms with Crippen molar-refractivity contribution in [1.29, 1.82) is 0 Å². The molecule has 0 spiro atoms. The summed E-state index contributed by atoms with van der Waals surface area (Å²) in [6.07, 6.45) is 1.13. The van der Waals surface area contributed by atoms with E-state index in [4.69, 9.17) is 9.84 Å². The van der Waals surface area contributed by atoms with Gasteiger partial charge in [0.1, 0.15) is 12.3 Å². The van der Waals surface area contributed by atoms with Gasteiger partial charge in [0.05, 0.1) is 18.0 Å². The Balaban J connectivity index is 2.01. The number of hydrogen-bond donors (Lipinski definition) is 1. The lowest BCUT2D eigenvalue weighted by molar-refractivity contribution is -0.386. The van der Waals surface area contributed by atoms with Crippen molar-refractivity contribution < 1.29 is 19.6 Å². The number of pyridine rings is 1. The molecule has 1 saturated heterocycles. The Bertz CT molecular complexity index is 458. The summed E-state index contributed by atoms with van der Waals surface area (Å²) in [7, 11) is 0. The SMILES string of the molecule is O=C(O)N1CC(Oc2ccncc2[N+](=O)[O-])C1. The molecule has 17 heavy (non-hydrogen) atoms. The van der Waals surface area contributed by atoms with E-state index in [0.29, 0.717) is 0 Å². The van der Waals surface area contributed by atoms with Gasteiger partial charge >= 0.3 is 11.8 Å². The first kappa shape index (κ1) is 11.1. The van der Waals surface area contributed by atoms with Gasteiger partial charge in [-0.3, -0.25) is 15.1 Å². The fourth-order valence-electron chi connectivity index (χ4n) is 1.46. The maximum Gasteiger partial charge on any atom is 0.407 e. The second-order valence-electron chi connectivity index (χ2n) is 3.53. The maximum absolute atomic E-state index is 10.7. The molecule has 1 aliphatic heterocycles. The highest BCUT2D eigenvalue weighted by Crippen LogP contribution is 2.27. The van der Waals surface area contributed by atoms with E-state index in [1.54, 1.807) is 0 Å². The van der Waals surface area contributed by atoms with Gasteiger partial charge in [0.15, 0.2) is 0 Å². The summed E-state index contributed by atoms with van der Waals surface area (Å²) in [6, 6.07) is 1.39. The van der Waals surface area contributed by atoms with Crippen LogP contribution in [0, 0.1) is 10.1 Å². The van der Waals surface area contributed by atoms with E-state index in [2.05, 4.69) is 4.98 Å². The molecular weight excluding hydrogens is 230 g/mol. The fraction of sp³-hybridized carbons (Fsp3) is 0.333. The lowest BCUT2D eigenvalue weighted by Crippen LogP contribution is -2.55. The number of hydrogen-bond acceptors (Lipinski definition) is 5. The van der Waals surface area contributed by atoms with Crippen molar-refractivity contribution in [2.75, 3.05) is 13.1 Å². The van der Waals surface area contributed by atoms with Crippen LogP contribution in [0.1, 0.15) is 0 Å². The monoisotopic (exact) mass is 239 g/mol. The summed E-state index contributed by atoms with van der Waals surface area (Å²) >= 11 is 0. The molecule has 2 heterocycles. The molecule has 1 N–H and O–H groups in total. The highest BCUT2D eigenvalue weighted by molar-refractivity contribution is 5.66. The number of carbonyl (C=O) groups is 1. The molecule has 0 aromatic carbocycles. The molecule has 8 heteroatoms. The summed E-state index contributed by atoms with van der Waals surface area (Å²) in [5, 5.41) is 19.3. The predicted octanol–water partition coefficient (Wildman–Crippen LogP) is 0.731. The summed E-state index contributed by atoms with van der Waals surface area (Å²) in [5.41, 5.74) is -0.221. The average molecular weight is 239 g/mol. The molecular formula is C9H9N3O5. The highest BCUT2D eigenvalue weighted by atomic mass is 16.6. The number of amides is 1. The minimum atomic E-state index is -1.02. The third kappa shape index (κ3) is 2.25. The van der Waals surface area contributed by atoms with Crippen LogP contribution in [0.5, 0.6) is 5.75 Å². The third-order valence-corrected chi connectivity index (χ3v) is 2.37. The molecule has 0 atom stereocenters. The number of ether oxygens (including phenoxy) is 1. The lowest BCUT2D eigenvalue weighted by atomic mass is 10.2. The van der Waals surface area contributed by atoms with Crippen molar-refractivity contribution in [1.82, 2.24) is 9.88 Å². The molecule has 0 aliphatic carbocycles. The van der Waals surface area contributed by atoms with E-state index in [1.807, 2.05) is 0 Å². The van der Waals surface area contributed by atoms with Crippen LogP contribution >= 0.6 is 0 Å². The highest BCUT2D eigenvalue weighted by Gasteiger charge is 2.33. The van der Waals surface area contributed by atoms with Crippen molar-refractivity contribution in [3.63, 3.8) is 0 Å². The number of nitro groups is 1. The molecule has 0 bridgehead atoms. The van der Waals surface area contributed by atoms with Gasteiger partial charge in [-0.15, -0.1) is 0 Å². The molecule has 0 radical (unpaired) electrons.